The Morgan fingerprint density at radius 2 is 2.04 bits per heavy atom. The number of fused-ring (bicyclic) bond motifs is 1. The van der Waals surface area contributed by atoms with Crippen molar-refractivity contribution >= 4 is 23.1 Å². The highest BCUT2D eigenvalue weighted by Crippen LogP contribution is 2.34. The minimum atomic E-state index is -0.317. The van der Waals surface area contributed by atoms with Crippen molar-refractivity contribution in [2.45, 2.75) is 6.54 Å². The molecule has 0 spiro atoms. The fourth-order valence-electron chi connectivity index (χ4n) is 2.34. The Kier molecular flexibility index (Phi) is 3.84. The first-order chi connectivity index (χ1) is 11.8. The summed E-state index contributed by atoms with van der Waals surface area (Å²) in [5.74, 6) is 2.80. The lowest BCUT2D eigenvalue weighted by molar-refractivity contribution is 0.174. The van der Waals surface area contributed by atoms with E-state index in [1.807, 2.05) is 29.6 Å². The second kappa shape index (κ2) is 6.29. The minimum Gasteiger partial charge on any atom is -0.458 e. The second-order valence-corrected chi connectivity index (χ2v) is 6.07. The lowest BCUT2D eigenvalue weighted by Gasteiger charge is -2.07. The number of ether oxygens (including phenoxy) is 2. The van der Waals surface area contributed by atoms with Gasteiger partial charge < -0.3 is 24.5 Å². The second-order valence-electron chi connectivity index (χ2n) is 5.12. The predicted octanol–water partition coefficient (Wildman–Crippen LogP) is 4.06. The average Bonchev–Trinajstić information content (AvgIpc) is 3.32. The number of nitrogens with one attached hydrogen (secondary N) is 2. The Hall–Kier alpha value is -2.93. The summed E-state index contributed by atoms with van der Waals surface area (Å²) in [5.41, 5.74) is 0.635. The molecule has 3 aromatic rings. The lowest BCUT2D eigenvalue weighted by atomic mass is 10.3. The molecular formula is C17H14N2O4S. The van der Waals surface area contributed by atoms with E-state index in [1.54, 1.807) is 29.5 Å². The molecule has 122 valence electrons. The smallest absolute Gasteiger partial charge is 0.319 e. The number of benzene rings is 1. The van der Waals surface area contributed by atoms with Crippen LogP contribution in [0.5, 0.6) is 11.5 Å². The van der Waals surface area contributed by atoms with Crippen LogP contribution >= 0.6 is 11.3 Å². The minimum absolute atomic E-state index is 0.204. The highest BCUT2D eigenvalue weighted by atomic mass is 32.1. The Balaban J connectivity index is 1.33. The molecule has 2 N–H and O–H groups in total. The number of carbonyl (C=O) groups excluding carboxylic acids is 1. The number of rotatable bonds is 4. The summed E-state index contributed by atoms with van der Waals surface area (Å²) in [7, 11) is 0. The van der Waals surface area contributed by atoms with Gasteiger partial charge in [-0.05, 0) is 35.7 Å². The highest BCUT2D eigenvalue weighted by Gasteiger charge is 2.14. The summed E-state index contributed by atoms with van der Waals surface area (Å²) in [6, 6.07) is 12.7. The number of carbonyl (C=O) groups is 1. The van der Waals surface area contributed by atoms with Gasteiger partial charge in [0.25, 0.3) is 0 Å². The van der Waals surface area contributed by atoms with Crippen LogP contribution < -0.4 is 20.1 Å². The molecule has 0 atom stereocenters. The molecule has 0 saturated heterocycles. The van der Waals surface area contributed by atoms with E-state index in [-0.39, 0.29) is 12.8 Å². The molecule has 0 bridgehead atoms. The quantitative estimate of drug-likeness (QED) is 0.750. The van der Waals surface area contributed by atoms with Crippen molar-refractivity contribution < 1.29 is 18.7 Å². The SMILES string of the molecule is O=C(NCc1ccc(-c2cccs2)o1)Nc1ccc2c(c1)OCO2. The van der Waals surface area contributed by atoms with Gasteiger partial charge in [-0.15, -0.1) is 11.3 Å². The zero-order valence-corrected chi connectivity index (χ0v) is 13.4. The van der Waals surface area contributed by atoms with Gasteiger partial charge in [0.2, 0.25) is 6.79 Å². The average molecular weight is 342 g/mol. The summed E-state index contributed by atoms with van der Waals surface area (Å²) >= 11 is 1.61. The Morgan fingerprint density at radius 3 is 2.92 bits per heavy atom. The van der Waals surface area contributed by atoms with E-state index in [1.165, 1.54) is 0 Å². The van der Waals surface area contributed by atoms with Crippen molar-refractivity contribution in [1.82, 2.24) is 5.32 Å². The molecule has 1 aromatic carbocycles. The Morgan fingerprint density at radius 1 is 1.12 bits per heavy atom. The largest absolute Gasteiger partial charge is 0.458 e. The van der Waals surface area contributed by atoms with Gasteiger partial charge in [0.15, 0.2) is 11.5 Å². The van der Waals surface area contributed by atoms with E-state index >= 15 is 0 Å². The van der Waals surface area contributed by atoms with Crippen LogP contribution in [-0.2, 0) is 6.54 Å². The molecule has 6 nitrogen and oxygen atoms in total. The molecule has 0 saturated carbocycles. The van der Waals surface area contributed by atoms with Gasteiger partial charge in [0.1, 0.15) is 11.5 Å². The first kappa shape index (κ1) is 14.6. The molecule has 2 aromatic heterocycles. The van der Waals surface area contributed by atoms with Crippen LogP contribution in [0.3, 0.4) is 0 Å². The number of anilines is 1. The van der Waals surface area contributed by atoms with Gasteiger partial charge in [-0.3, -0.25) is 0 Å². The molecule has 4 rings (SSSR count). The van der Waals surface area contributed by atoms with Crippen LogP contribution in [0.4, 0.5) is 10.5 Å². The third-order valence-corrected chi connectivity index (χ3v) is 4.36. The molecule has 24 heavy (non-hydrogen) atoms. The van der Waals surface area contributed by atoms with Gasteiger partial charge >= 0.3 is 6.03 Å². The maximum atomic E-state index is 12.0. The number of hydrogen-bond acceptors (Lipinski definition) is 5. The number of thiophene rings is 1. The number of hydrogen-bond donors (Lipinski definition) is 2. The monoisotopic (exact) mass is 342 g/mol. The highest BCUT2D eigenvalue weighted by molar-refractivity contribution is 7.13. The Labute approximate surface area is 142 Å². The molecule has 0 unspecified atom stereocenters. The first-order valence-electron chi connectivity index (χ1n) is 7.35. The van der Waals surface area contributed by atoms with Gasteiger partial charge in [-0.1, -0.05) is 6.07 Å². The van der Waals surface area contributed by atoms with E-state index in [4.69, 9.17) is 13.9 Å². The lowest BCUT2D eigenvalue weighted by Crippen LogP contribution is -2.27. The summed E-state index contributed by atoms with van der Waals surface area (Å²) in [5, 5.41) is 7.51. The summed E-state index contributed by atoms with van der Waals surface area (Å²) < 4.78 is 16.2. The number of amides is 2. The molecule has 0 fully saturated rings. The maximum absolute atomic E-state index is 12.0. The first-order valence-corrected chi connectivity index (χ1v) is 8.23. The number of urea groups is 1. The predicted molar refractivity (Wildman–Crippen MR) is 90.4 cm³/mol. The molecule has 1 aliphatic heterocycles. The van der Waals surface area contributed by atoms with E-state index < -0.39 is 0 Å². The van der Waals surface area contributed by atoms with E-state index in [0.29, 0.717) is 29.5 Å². The van der Waals surface area contributed by atoms with Crippen molar-refractivity contribution in [2.24, 2.45) is 0 Å². The normalized spacial score (nSPS) is 12.2. The van der Waals surface area contributed by atoms with Crippen LogP contribution in [0, 0.1) is 0 Å². The topological polar surface area (TPSA) is 72.7 Å². The summed E-state index contributed by atoms with van der Waals surface area (Å²) in [6.07, 6.45) is 0. The fraction of sp³-hybridized carbons (Fsp3) is 0.118. The van der Waals surface area contributed by atoms with Gasteiger partial charge in [-0.25, -0.2) is 4.79 Å². The maximum Gasteiger partial charge on any atom is 0.319 e. The molecule has 0 aliphatic carbocycles. The van der Waals surface area contributed by atoms with E-state index in [2.05, 4.69) is 10.6 Å². The fourth-order valence-corrected chi connectivity index (χ4v) is 3.03. The van der Waals surface area contributed by atoms with Crippen LogP contribution in [0.2, 0.25) is 0 Å². The van der Waals surface area contributed by atoms with E-state index in [9.17, 15) is 4.79 Å². The van der Waals surface area contributed by atoms with Crippen molar-refractivity contribution in [2.75, 3.05) is 12.1 Å². The van der Waals surface area contributed by atoms with Gasteiger partial charge in [-0.2, -0.15) is 0 Å². The van der Waals surface area contributed by atoms with Crippen LogP contribution in [0.25, 0.3) is 10.6 Å². The molecular weight excluding hydrogens is 328 g/mol. The summed E-state index contributed by atoms with van der Waals surface area (Å²) in [6.45, 7) is 0.512. The zero-order valence-electron chi connectivity index (χ0n) is 12.6. The Bertz CT molecular complexity index is 857. The van der Waals surface area contributed by atoms with Crippen LogP contribution in [-0.4, -0.2) is 12.8 Å². The molecule has 1 aliphatic rings. The van der Waals surface area contributed by atoms with Crippen LogP contribution in [0.15, 0.2) is 52.3 Å². The van der Waals surface area contributed by atoms with Crippen molar-refractivity contribution in [3.63, 3.8) is 0 Å². The zero-order chi connectivity index (χ0) is 16.4. The van der Waals surface area contributed by atoms with Crippen molar-refractivity contribution in [1.29, 1.82) is 0 Å². The number of furan rings is 1. The summed E-state index contributed by atoms with van der Waals surface area (Å²) in [4.78, 5) is 13.0. The van der Waals surface area contributed by atoms with Crippen LogP contribution in [0.1, 0.15) is 5.76 Å². The van der Waals surface area contributed by atoms with Crippen molar-refractivity contribution in [3.8, 4) is 22.1 Å². The third kappa shape index (κ3) is 3.07. The molecule has 0 radical (unpaired) electrons. The van der Waals surface area contributed by atoms with Crippen molar-refractivity contribution in [3.05, 3.63) is 53.6 Å². The van der Waals surface area contributed by atoms with Gasteiger partial charge in [0.05, 0.1) is 11.4 Å². The standard InChI is InChI=1S/C17H14N2O4S/c20-17(19-11-3-5-13-15(8-11)22-10-21-13)18-9-12-4-6-14(23-12)16-2-1-7-24-16/h1-8H,9-10H2,(H2,18,19,20). The van der Waals surface area contributed by atoms with Gasteiger partial charge in [0, 0.05) is 11.8 Å². The third-order valence-electron chi connectivity index (χ3n) is 3.48. The molecule has 3 heterocycles. The molecule has 7 heteroatoms. The molecule has 2 amide bonds. The van der Waals surface area contributed by atoms with E-state index in [0.717, 1.165) is 10.6 Å².